The molecule has 0 spiro atoms. The maximum absolute atomic E-state index is 13.5. The number of nitrogens with one attached hydrogen (secondary N) is 1. The fourth-order valence-corrected chi connectivity index (χ4v) is 12.9. The lowest BCUT2D eigenvalue weighted by Crippen LogP contribution is -2.66. The number of unbranched alkanes of at least 4 members (excludes halogenated alkanes) is 39. The molecule has 17 atom stereocenters. The summed E-state index contributed by atoms with van der Waals surface area (Å²) >= 11 is 0. The van der Waals surface area contributed by atoms with Crippen LogP contribution in [0.1, 0.15) is 303 Å². The maximum atomic E-state index is 13.5. The number of allylic oxidation sites excluding steroid dienone is 4. The van der Waals surface area contributed by atoms with E-state index in [9.17, 15) is 61.0 Å². The Morgan fingerprint density at radius 2 is 0.717 bits per heavy atom. The van der Waals surface area contributed by atoms with Gasteiger partial charge in [-0.05, 0) is 44.9 Å². The van der Waals surface area contributed by atoms with Gasteiger partial charge in [-0.1, -0.05) is 276 Å². The van der Waals surface area contributed by atoms with Crippen LogP contribution in [0.2, 0.25) is 0 Å². The van der Waals surface area contributed by atoms with Gasteiger partial charge in [0.2, 0.25) is 5.91 Å². The van der Waals surface area contributed by atoms with Crippen LogP contribution in [-0.2, 0) is 33.2 Å². The van der Waals surface area contributed by atoms with Crippen LogP contribution < -0.4 is 5.32 Å². The van der Waals surface area contributed by atoms with Gasteiger partial charge in [-0.25, -0.2) is 0 Å². The number of ether oxygens (including phenoxy) is 6. The molecule has 0 aromatic heterocycles. The molecule has 0 aromatic rings. The summed E-state index contributed by atoms with van der Waals surface area (Å²) in [5.74, 6) is -0.238. The first-order valence-electron chi connectivity index (χ1n) is 37.6. The second kappa shape index (κ2) is 55.2. The third-order valence-corrected chi connectivity index (χ3v) is 19.0. The molecule has 0 aliphatic carbocycles. The van der Waals surface area contributed by atoms with Crippen molar-refractivity contribution in [3.8, 4) is 0 Å². The molecule has 1 amide bonds. The molecule has 0 bridgehead atoms. The summed E-state index contributed by atoms with van der Waals surface area (Å²) in [6.45, 7) is 1.83. The zero-order chi connectivity index (χ0) is 66.8. The van der Waals surface area contributed by atoms with Crippen LogP contribution in [0, 0.1) is 0 Å². The summed E-state index contributed by atoms with van der Waals surface area (Å²) in [5.41, 5.74) is 0. The molecule has 0 radical (unpaired) electrons. The monoisotopic (exact) mass is 1320 g/mol. The Bertz CT molecular complexity index is 1760. The van der Waals surface area contributed by atoms with Crippen LogP contribution in [0.3, 0.4) is 0 Å². The van der Waals surface area contributed by atoms with E-state index in [0.717, 1.165) is 51.4 Å². The predicted molar refractivity (Wildman–Crippen MR) is 360 cm³/mol. The van der Waals surface area contributed by atoms with Gasteiger partial charge in [0, 0.05) is 6.42 Å². The second-order valence-corrected chi connectivity index (χ2v) is 27.1. The molecule has 0 aromatic carbocycles. The average Bonchev–Trinajstić information content (AvgIpc) is 0.834. The number of hydrogen-bond acceptors (Lipinski definition) is 18. The van der Waals surface area contributed by atoms with E-state index in [0.29, 0.717) is 12.8 Å². The van der Waals surface area contributed by atoms with Crippen LogP contribution >= 0.6 is 0 Å². The lowest BCUT2D eigenvalue weighted by Gasteiger charge is -2.48. The SMILES string of the molecule is CCCCCCC/C=C\C/C=C\CCCCCCCCCCCCCCCCCCCC(=O)NC(COC1OC(CO)C(OC2OC(CO)C(OC3OC(CO)C(O)C(O)C3O)C(O)C2O)C(O)C1O)C(O)CCCCCCCCCCCCCCCCCCCC. The zero-order valence-corrected chi connectivity index (χ0v) is 57.5. The Hall–Kier alpha value is -1.73. The van der Waals surface area contributed by atoms with Crippen molar-refractivity contribution in [1.82, 2.24) is 5.32 Å². The van der Waals surface area contributed by atoms with E-state index in [1.165, 1.54) is 218 Å². The Morgan fingerprint density at radius 1 is 0.391 bits per heavy atom. The normalized spacial score (nSPS) is 27.8. The zero-order valence-electron chi connectivity index (χ0n) is 57.5. The van der Waals surface area contributed by atoms with Crippen molar-refractivity contribution >= 4 is 5.91 Å². The summed E-state index contributed by atoms with van der Waals surface area (Å²) in [7, 11) is 0. The predicted octanol–water partition coefficient (Wildman–Crippen LogP) is 11.0. The van der Waals surface area contributed by atoms with Gasteiger partial charge in [-0.15, -0.1) is 0 Å². The molecule has 19 nitrogen and oxygen atoms in total. The van der Waals surface area contributed by atoms with Crippen molar-refractivity contribution in [2.24, 2.45) is 0 Å². The largest absolute Gasteiger partial charge is 0.394 e. The molecular formula is C73H137NO18. The van der Waals surface area contributed by atoms with Gasteiger partial charge in [0.1, 0.15) is 73.2 Å². The minimum absolute atomic E-state index is 0.238. The van der Waals surface area contributed by atoms with E-state index in [2.05, 4.69) is 43.5 Å². The topological polar surface area (TPSA) is 307 Å². The first kappa shape index (κ1) is 84.5. The summed E-state index contributed by atoms with van der Waals surface area (Å²) in [4.78, 5) is 13.5. The van der Waals surface area contributed by atoms with Gasteiger partial charge in [0.25, 0.3) is 0 Å². The highest BCUT2D eigenvalue weighted by molar-refractivity contribution is 5.76. The van der Waals surface area contributed by atoms with E-state index in [1.54, 1.807) is 0 Å². The fraction of sp³-hybridized carbons (Fsp3) is 0.932. The number of aliphatic hydroxyl groups excluding tert-OH is 11. The van der Waals surface area contributed by atoms with Crippen molar-refractivity contribution in [2.45, 2.75) is 407 Å². The minimum Gasteiger partial charge on any atom is -0.394 e. The van der Waals surface area contributed by atoms with Crippen LogP contribution in [0.4, 0.5) is 0 Å². The molecule has 3 aliphatic heterocycles. The Morgan fingerprint density at radius 3 is 1.11 bits per heavy atom. The van der Waals surface area contributed by atoms with Gasteiger partial charge >= 0.3 is 0 Å². The third kappa shape index (κ3) is 36.2. The molecule has 17 unspecified atom stereocenters. The van der Waals surface area contributed by atoms with E-state index >= 15 is 0 Å². The number of aliphatic hydroxyl groups is 11. The standard InChI is InChI=1S/C73H137NO18/c1-3-5-7-9-11-13-15-17-19-21-23-24-25-26-27-28-29-30-31-32-33-35-37-39-41-43-45-47-49-51-61(79)74-56(57(78)50-48-46-44-42-40-38-36-34-22-20-18-16-14-12-10-8-6-4-2)55-87-71-67(85)64(82)69(59(53-76)89-71)92-73-68(86)65(83)70(60(54-77)90-73)91-72-66(84)63(81)62(80)58(52-75)88-72/h15,17,21,23,56-60,62-73,75-78,80-86H,3-14,16,18-20,22,24-55H2,1-2H3,(H,74,79)/b17-15-,23-21-. The van der Waals surface area contributed by atoms with Crippen molar-refractivity contribution in [3.05, 3.63) is 24.3 Å². The summed E-state index contributed by atoms with van der Waals surface area (Å²) < 4.78 is 34.5. The highest BCUT2D eigenvalue weighted by Gasteiger charge is 2.53. The molecule has 3 saturated heterocycles. The van der Waals surface area contributed by atoms with Crippen LogP contribution in [-0.4, -0.2) is 193 Å². The first-order chi connectivity index (χ1) is 44.8. The quantitative estimate of drug-likeness (QED) is 0.0199. The second-order valence-electron chi connectivity index (χ2n) is 27.1. The van der Waals surface area contributed by atoms with E-state index in [4.69, 9.17) is 28.4 Å². The van der Waals surface area contributed by atoms with Gasteiger partial charge in [-0.3, -0.25) is 4.79 Å². The molecule has 12 N–H and O–H groups in total. The third-order valence-electron chi connectivity index (χ3n) is 19.0. The molecule has 92 heavy (non-hydrogen) atoms. The van der Waals surface area contributed by atoms with E-state index in [-0.39, 0.29) is 18.9 Å². The van der Waals surface area contributed by atoms with Crippen LogP contribution in [0.25, 0.3) is 0 Å². The fourth-order valence-electron chi connectivity index (χ4n) is 12.9. The van der Waals surface area contributed by atoms with E-state index in [1.807, 2.05) is 0 Å². The lowest BCUT2D eigenvalue weighted by atomic mass is 9.96. The molecule has 19 heteroatoms. The van der Waals surface area contributed by atoms with Crippen molar-refractivity contribution in [3.63, 3.8) is 0 Å². The summed E-state index contributed by atoms with van der Waals surface area (Å²) in [6, 6.07) is -0.885. The maximum Gasteiger partial charge on any atom is 0.220 e. The molecule has 3 fully saturated rings. The number of hydrogen-bond donors (Lipinski definition) is 12. The van der Waals surface area contributed by atoms with Gasteiger partial charge in [-0.2, -0.15) is 0 Å². The van der Waals surface area contributed by atoms with Gasteiger partial charge < -0.3 is 89.9 Å². The number of amides is 1. The Balaban J connectivity index is 1.38. The average molecular weight is 1320 g/mol. The molecular weight excluding hydrogens is 1180 g/mol. The first-order valence-corrected chi connectivity index (χ1v) is 37.6. The highest BCUT2D eigenvalue weighted by Crippen LogP contribution is 2.33. The summed E-state index contributed by atoms with van der Waals surface area (Å²) in [5, 5.41) is 121. The van der Waals surface area contributed by atoms with Gasteiger partial charge in [0.05, 0.1) is 38.6 Å². The molecule has 3 rings (SSSR count). The van der Waals surface area contributed by atoms with Crippen LogP contribution in [0.15, 0.2) is 24.3 Å². The molecule has 3 aliphatic rings. The Kier molecular flexibility index (Phi) is 50.7. The van der Waals surface area contributed by atoms with Crippen molar-refractivity contribution < 1.29 is 89.4 Å². The molecule has 0 saturated carbocycles. The highest BCUT2D eigenvalue weighted by atomic mass is 16.8. The Labute approximate surface area is 556 Å². The van der Waals surface area contributed by atoms with E-state index < -0.39 is 124 Å². The molecule has 542 valence electrons. The smallest absolute Gasteiger partial charge is 0.220 e. The van der Waals surface area contributed by atoms with Crippen LogP contribution in [0.5, 0.6) is 0 Å². The number of carbonyl (C=O) groups excluding carboxylic acids is 1. The summed E-state index contributed by atoms with van der Waals surface area (Å²) in [6.07, 6.45) is 36.9. The molecule has 3 heterocycles. The van der Waals surface area contributed by atoms with Gasteiger partial charge in [0.15, 0.2) is 18.9 Å². The number of carbonyl (C=O) groups is 1. The lowest BCUT2D eigenvalue weighted by molar-refractivity contribution is -0.379. The van der Waals surface area contributed by atoms with Crippen molar-refractivity contribution in [2.75, 3.05) is 26.4 Å². The van der Waals surface area contributed by atoms with Crippen molar-refractivity contribution in [1.29, 1.82) is 0 Å². The minimum atomic E-state index is -1.97. The number of rotatable bonds is 59.